The van der Waals surface area contributed by atoms with Crippen LogP contribution in [0.4, 0.5) is 26.3 Å². The van der Waals surface area contributed by atoms with Crippen molar-refractivity contribution in [2.24, 2.45) is 5.92 Å². The van der Waals surface area contributed by atoms with Crippen LogP contribution in [-0.2, 0) is 25.7 Å². The Bertz CT molecular complexity index is 960. The van der Waals surface area contributed by atoms with Crippen LogP contribution in [0.2, 0.25) is 0 Å². The van der Waals surface area contributed by atoms with Crippen molar-refractivity contribution in [3.05, 3.63) is 35.9 Å². The Hall–Kier alpha value is -2.06. The fraction of sp³-hybridized carbons (Fsp3) is 0.667. The molecular formula is C24H29F6N3O4. The molecule has 3 aliphatic rings. The van der Waals surface area contributed by atoms with Crippen LogP contribution in [0.25, 0.3) is 0 Å². The van der Waals surface area contributed by atoms with Crippen molar-refractivity contribution in [1.82, 2.24) is 16.2 Å². The second-order valence-corrected chi connectivity index (χ2v) is 9.75. The van der Waals surface area contributed by atoms with E-state index in [0.29, 0.717) is 5.56 Å². The quantitative estimate of drug-likeness (QED) is 0.507. The topological polar surface area (TPSA) is 88.7 Å². The van der Waals surface area contributed by atoms with Crippen LogP contribution in [-0.4, -0.2) is 54.1 Å². The molecule has 3 aliphatic heterocycles. The Morgan fingerprint density at radius 2 is 1.68 bits per heavy atom. The van der Waals surface area contributed by atoms with Crippen molar-refractivity contribution in [2.75, 3.05) is 0 Å². The zero-order valence-corrected chi connectivity index (χ0v) is 19.8. The van der Waals surface area contributed by atoms with E-state index in [-0.39, 0.29) is 38.5 Å². The molecule has 1 aromatic rings. The molecule has 0 amide bonds. The number of fused-ring (bicyclic) bond motifs is 5. The lowest BCUT2D eigenvalue weighted by atomic mass is 9.82. The maximum atomic E-state index is 14.7. The summed E-state index contributed by atoms with van der Waals surface area (Å²) in [5.41, 5.74) is 2.38. The summed E-state index contributed by atoms with van der Waals surface area (Å²) in [7, 11) is 0. The van der Waals surface area contributed by atoms with E-state index in [1.165, 1.54) is 0 Å². The Labute approximate surface area is 209 Å². The van der Waals surface area contributed by atoms with Gasteiger partial charge in [0.25, 0.3) is 0 Å². The minimum atomic E-state index is -5.04. The number of hydrogen-bond acceptors (Lipinski definition) is 7. The molecule has 3 N–H and O–H groups in total. The lowest BCUT2D eigenvalue weighted by Crippen LogP contribution is -2.62. The average molecular weight is 538 g/mol. The van der Waals surface area contributed by atoms with Gasteiger partial charge in [-0.1, -0.05) is 30.3 Å². The number of carbonyl (C=O) groups excluding carboxylic acids is 2. The van der Waals surface area contributed by atoms with E-state index in [9.17, 15) is 35.9 Å². The maximum absolute atomic E-state index is 14.7. The van der Waals surface area contributed by atoms with Gasteiger partial charge in [-0.15, -0.1) is 0 Å². The minimum absolute atomic E-state index is 0.0594. The molecule has 0 saturated carbocycles. The van der Waals surface area contributed by atoms with E-state index in [0.717, 1.165) is 0 Å². The van der Waals surface area contributed by atoms with Gasteiger partial charge in [0, 0.05) is 25.3 Å². The fourth-order valence-electron chi connectivity index (χ4n) is 5.15. The molecule has 6 atom stereocenters. The molecule has 5 unspecified atom stereocenters. The van der Waals surface area contributed by atoms with Crippen LogP contribution in [0.15, 0.2) is 30.3 Å². The van der Waals surface area contributed by atoms with Gasteiger partial charge in [0.1, 0.15) is 17.8 Å². The van der Waals surface area contributed by atoms with Gasteiger partial charge < -0.3 is 14.8 Å². The predicted octanol–water partition coefficient (Wildman–Crippen LogP) is 3.68. The molecule has 4 bridgehead atoms. The standard InChI is InChI=1S/C24H29F6N3O4/c25-23(26,27)16-10-11-17-20-32-33-21(37-20)22(24(28,29)30,36-13-14-6-2-1-3-7-14)12-15(34)8-4-5-9-18(35)19(16)31-17/h1-3,6-7,16-17,19-21,31-33H,4-5,8-13H2/t16?,17?,19?,20?,21?,22-/m1/s1. The summed E-state index contributed by atoms with van der Waals surface area (Å²) in [5, 5.41) is 2.69. The summed E-state index contributed by atoms with van der Waals surface area (Å²) < 4.78 is 96.1. The zero-order chi connectivity index (χ0) is 26.8. The number of rotatable bonds is 3. The number of piperidine rings is 1. The highest BCUT2D eigenvalue weighted by Gasteiger charge is 2.64. The highest BCUT2D eigenvalue weighted by Crippen LogP contribution is 2.43. The molecule has 3 saturated heterocycles. The SMILES string of the molecule is O=C1CCCCC(=O)C2NC(CCC2C(F)(F)F)C2NNC(O2)[C@@](OCc2ccccc2)(C(F)(F)F)C1. The molecule has 0 aromatic heterocycles. The summed E-state index contributed by atoms with van der Waals surface area (Å²) in [6.07, 6.45) is -14.6. The highest BCUT2D eigenvalue weighted by atomic mass is 19.4. The lowest BCUT2D eigenvalue weighted by molar-refractivity contribution is -0.317. The number of hydrazine groups is 1. The van der Waals surface area contributed by atoms with Gasteiger partial charge in [-0.05, 0) is 31.2 Å². The van der Waals surface area contributed by atoms with Gasteiger partial charge in [0.05, 0.1) is 18.6 Å². The number of ketones is 2. The summed E-state index contributed by atoms with van der Waals surface area (Å²) in [6, 6.07) is 5.70. The molecule has 13 heteroatoms. The van der Waals surface area contributed by atoms with Crippen LogP contribution in [0, 0.1) is 5.92 Å². The van der Waals surface area contributed by atoms with E-state index in [4.69, 9.17) is 9.47 Å². The number of benzene rings is 1. The van der Waals surface area contributed by atoms with Crippen LogP contribution < -0.4 is 16.2 Å². The van der Waals surface area contributed by atoms with E-state index in [1.807, 2.05) is 0 Å². The van der Waals surface area contributed by atoms with Gasteiger partial charge in [0.15, 0.2) is 6.23 Å². The van der Waals surface area contributed by atoms with E-state index < -0.39 is 73.0 Å². The first-order valence-corrected chi connectivity index (χ1v) is 12.2. The average Bonchev–Trinajstić information content (AvgIpc) is 3.33. The van der Waals surface area contributed by atoms with Crippen molar-refractivity contribution in [3.63, 3.8) is 0 Å². The second kappa shape index (κ2) is 11.0. The molecule has 3 heterocycles. The van der Waals surface area contributed by atoms with Gasteiger partial charge >= 0.3 is 12.4 Å². The van der Waals surface area contributed by atoms with Crippen LogP contribution >= 0.6 is 0 Å². The molecule has 3 fully saturated rings. The number of ether oxygens (including phenoxy) is 2. The van der Waals surface area contributed by atoms with Crippen molar-refractivity contribution >= 4 is 11.6 Å². The molecule has 0 radical (unpaired) electrons. The van der Waals surface area contributed by atoms with E-state index >= 15 is 0 Å². The van der Waals surface area contributed by atoms with Crippen molar-refractivity contribution in [1.29, 1.82) is 0 Å². The molecule has 0 aliphatic carbocycles. The lowest BCUT2D eigenvalue weighted by Gasteiger charge is -2.41. The van der Waals surface area contributed by atoms with Crippen LogP contribution in [0.3, 0.4) is 0 Å². The highest BCUT2D eigenvalue weighted by molar-refractivity contribution is 5.85. The number of halogens is 6. The Morgan fingerprint density at radius 1 is 0.973 bits per heavy atom. The fourth-order valence-corrected chi connectivity index (χ4v) is 5.15. The number of carbonyl (C=O) groups is 2. The van der Waals surface area contributed by atoms with Gasteiger partial charge in [-0.2, -0.15) is 26.3 Å². The van der Waals surface area contributed by atoms with Crippen molar-refractivity contribution in [3.8, 4) is 0 Å². The molecule has 206 valence electrons. The normalized spacial score (nSPS) is 34.3. The Balaban J connectivity index is 1.64. The Morgan fingerprint density at radius 3 is 2.35 bits per heavy atom. The maximum Gasteiger partial charge on any atom is 0.421 e. The second-order valence-electron chi connectivity index (χ2n) is 9.75. The van der Waals surface area contributed by atoms with Gasteiger partial charge in [0.2, 0.25) is 5.60 Å². The first-order valence-electron chi connectivity index (χ1n) is 12.2. The van der Waals surface area contributed by atoms with Gasteiger partial charge in [-0.3, -0.25) is 9.59 Å². The molecular weight excluding hydrogens is 508 g/mol. The van der Waals surface area contributed by atoms with E-state index in [1.54, 1.807) is 30.3 Å². The Kier molecular flexibility index (Phi) is 8.29. The van der Waals surface area contributed by atoms with Crippen molar-refractivity contribution in [2.45, 2.75) is 94.0 Å². The first-order chi connectivity index (χ1) is 17.4. The van der Waals surface area contributed by atoms with Crippen LogP contribution in [0.1, 0.15) is 50.5 Å². The molecule has 1 aromatic carbocycles. The molecule has 4 rings (SSSR count). The third-order valence-electron chi connectivity index (χ3n) is 7.19. The molecule has 0 spiro atoms. The largest absolute Gasteiger partial charge is 0.421 e. The summed E-state index contributed by atoms with van der Waals surface area (Å²) in [4.78, 5) is 25.4. The number of alkyl halides is 6. The minimum Gasteiger partial charge on any atom is -0.357 e. The third kappa shape index (κ3) is 6.17. The number of nitrogens with one attached hydrogen (secondary N) is 3. The third-order valence-corrected chi connectivity index (χ3v) is 7.19. The monoisotopic (exact) mass is 537 g/mol. The molecule has 37 heavy (non-hydrogen) atoms. The number of Topliss-reactive ketones (excluding diaryl/α,β-unsaturated/α-hetero) is 2. The first kappa shape index (κ1) is 28.0. The van der Waals surface area contributed by atoms with Crippen molar-refractivity contribution < 1.29 is 45.4 Å². The zero-order valence-electron chi connectivity index (χ0n) is 19.8. The summed E-state index contributed by atoms with van der Waals surface area (Å²) in [5.74, 6) is -3.32. The number of hydrogen-bond donors (Lipinski definition) is 3. The predicted molar refractivity (Wildman–Crippen MR) is 118 cm³/mol. The van der Waals surface area contributed by atoms with Gasteiger partial charge in [-0.25, -0.2) is 10.9 Å². The summed E-state index contributed by atoms with van der Waals surface area (Å²) >= 11 is 0. The smallest absolute Gasteiger partial charge is 0.357 e. The van der Waals surface area contributed by atoms with E-state index in [2.05, 4.69) is 16.2 Å². The van der Waals surface area contributed by atoms with Crippen LogP contribution in [0.5, 0.6) is 0 Å². The summed E-state index contributed by atoms with van der Waals surface area (Å²) in [6.45, 7) is -0.453. The molecule has 7 nitrogen and oxygen atoms in total.